The summed E-state index contributed by atoms with van der Waals surface area (Å²) in [6, 6.07) is 8.69. The second-order valence-corrected chi connectivity index (χ2v) is 10.1. The number of ether oxygens (including phenoxy) is 5. The van der Waals surface area contributed by atoms with Crippen molar-refractivity contribution in [1.29, 1.82) is 0 Å². The number of carbonyl (C=O) groups is 5. The van der Waals surface area contributed by atoms with Crippen LogP contribution in [0, 0.1) is 5.92 Å². The Morgan fingerprint density at radius 2 is 1.80 bits per heavy atom. The van der Waals surface area contributed by atoms with Crippen LogP contribution in [0.3, 0.4) is 0 Å². The van der Waals surface area contributed by atoms with E-state index in [1.807, 2.05) is 0 Å². The molecule has 4 N–H and O–H groups in total. The van der Waals surface area contributed by atoms with Gasteiger partial charge in [-0.3, -0.25) is 9.59 Å². The van der Waals surface area contributed by atoms with Gasteiger partial charge in [0.15, 0.2) is 24.1 Å². The molecule has 1 aromatic carbocycles. The third-order valence-corrected chi connectivity index (χ3v) is 6.25. The van der Waals surface area contributed by atoms with E-state index in [1.54, 1.807) is 44.2 Å². The lowest BCUT2D eigenvalue weighted by Crippen LogP contribution is -2.62. The van der Waals surface area contributed by atoms with Crippen molar-refractivity contribution in [2.24, 2.45) is 5.92 Å². The number of hydrogen-bond acceptors (Lipinski definition) is 13. The van der Waals surface area contributed by atoms with Crippen molar-refractivity contribution in [3.8, 4) is 0 Å². The molecule has 3 rings (SSSR count). The minimum Gasteiger partial charge on any atom is -0.479 e. The summed E-state index contributed by atoms with van der Waals surface area (Å²) in [7, 11) is 0. The lowest BCUT2D eigenvalue weighted by Gasteiger charge is -2.43. The molecule has 0 aliphatic carbocycles. The van der Waals surface area contributed by atoms with E-state index < -0.39 is 91.7 Å². The summed E-state index contributed by atoms with van der Waals surface area (Å²) in [5.74, 6) is -5.81. The molecule has 2 fully saturated rings. The number of carboxylic acid groups (broad SMARTS) is 1. The van der Waals surface area contributed by atoms with Gasteiger partial charge in [0, 0.05) is 6.08 Å². The molecular formula is C27H32O14. The van der Waals surface area contributed by atoms with Gasteiger partial charge < -0.3 is 44.1 Å². The van der Waals surface area contributed by atoms with Crippen LogP contribution in [0.15, 0.2) is 36.4 Å². The summed E-state index contributed by atoms with van der Waals surface area (Å²) in [5.41, 5.74) is -1.18. The Hall–Kier alpha value is -3.69. The lowest BCUT2D eigenvalue weighted by atomic mass is 9.90. The van der Waals surface area contributed by atoms with Gasteiger partial charge in [0.05, 0.1) is 12.8 Å². The van der Waals surface area contributed by atoms with E-state index >= 15 is 0 Å². The fraction of sp³-hybridized carbons (Fsp3) is 0.519. The Morgan fingerprint density at radius 3 is 2.39 bits per heavy atom. The summed E-state index contributed by atoms with van der Waals surface area (Å²) in [4.78, 5) is 59.9. The maximum Gasteiger partial charge on any atom is 0.346 e. The molecule has 2 saturated heterocycles. The van der Waals surface area contributed by atoms with E-state index in [4.69, 9.17) is 24.1 Å². The highest BCUT2D eigenvalue weighted by molar-refractivity contribution is 5.99. The van der Waals surface area contributed by atoms with Gasteiger partial charge in [-0.15, -0.1) is 0 Å². The van der Waals surface area contributed by atoms with Crippen LogP contribution in [-0.4, -0.2) is 99.3 Å². The Balaban J connectivity index is 1.81. The van der Waals surface area contributed by atoms with E-state index in [1.165, 1.54) is 6.08 Å². The average molecular weight is 581 g/mol. The molecule has 0 saturated carbocycles. The van der Waals surface area contributed by atoms with Crippen LogP contribution in [0.5, 0.6) is 0 Å². The van der Waals surface area contributed by atoms with E-state index in [0.29, 0.717) is 5.56 Å². The zero-order chi connectivity index (χ0) is 30.3. The zero-order valence-electron chi connectivity index (χ0n) is 22.3. The Kier molecular flexibility index (Phi) is 10.7. The van der Waals surface area contributed by atoms with Gasteiger partial charge >= 0.3 is 29.8 Å². The minimum absolute atomic E-state index is 0.00429. The smallest absolute Gasteiger partial charge is 0.346 e. The maximum absolute atomic E-state index is 12.6. The first-order valence-electron chi connectivity index (χ1n) is 12.8. The van der Waals surface area contributed by atoms with Gasteiger partial charge in [-0.2, -0.15) is 0 Å². The van der Waals surface area contributed by atoms with Crippen LogP contribution in [0.1, 0.15) is 38.7 Å². The number of carboxylic acids is 1. The van der Waals surface area contributed by atoms with Crippen LogP contribution in [0.2, 0.25) is 0 Å². The van der Waals surface area contributed by atoms with Crippen molar-refractivity contribution in [2.75, 3.05) is 6.61 Å². The highest BCUT2D eigenvalue weighted by Crippen LogP contribution is 2.37. The van der Waals surface area contributed by atoms with Crippen LogP contribution in [-0.2, 0) is 47.7 Å². The predicted octanol–water partition coefficient (Wildman–Crippen LogP) is -0.288. The topological polar surface area (TPSA) is 212 Å². The number of aliphatic hydroxyl groups is 3. The molecule has 7 atom stereocenters. The molecule has 0 amide bonds. The van der Waals surface area contributed by atoms with Gasteiger partial charge in [0.25, 0.3) is 0 Å². The molecule has 41 heavy (non-hydrogen) atoms. The molecule has 0 radical (unpaired) electrons. The Bertz CT molecular complexity index is 1150. The fourth-order valence-electron chi connectivity index (χ4n) is 4.38. The summed E-state index contributed by atoms with van der Waals surface area (Å²) >= 11 is 0. The number of hydrogen-bond donors (Lipinski definition) is 4. The predicted molar refractivity (Wildman–Crippen MR) is 134 cm³/mol. The summed E-state index contributed by atoms with van der Waals surface area (Å²) < 4.78 is 26.4. The van der Waals surface area contributed by atoms with Gasteiger partial charge in [-0.1, -0.05) is 44.2 Å². The third-order valence-electron chi connectivity index (χ3n) is 6.25. The fourth-order valence-corrected chi connectivity index (χ4v) is 4.38. The van der Waals surface area contributed by atoms with Gasteiger partial charge in [-0.25, -0.2) is 14.4 Å². The van der Waals surface area contributed by atoms with E-state index in [-0.39, 0.29) is 12.3 Å². The highest BCUT2D eigenvalue weighted by atomic mass is 16.7. The van der Waals surface area contributed by atoms with E-state index in [0.717, 1.165) is 6.08 Å². The first-order valence-corrected chi connectivity index (χ1v) is 12.8. The van der Waals surface area contributed by atoms with Gasteiger partial charge in [-0.05, 0) is 24.0 Å². The maximum atomic E-state index is 12.6. The zero-order valence-corrected chi connectivity index (χ0v) is 22.3. The van der Waals surface area contributed by atoms with Crippen molar-refractivity contribution in [1.82, 2.24) is 0 Å². The molecule has 0 bridgehead atoms. The SMILES string of the molecule is CC(C)CC1(OC2OC(COC(=O)CC(O)C(=O)O)C(OC(=O)/C=C/c3ccccc3)C(O)C2O)CC(=O)OC1=O. The number of benzene rings is 1. The van der Waals surface area contributed by atoms with Crippen LogP contribution >= 0.6 is 0 Å². The number of cyclic esters (lactones) is 2. The monoisotopic (exact) mass is 580 g/mol. The molecule has 14 nitrogen and oxygen atoms in total. The number of esters is 4. The number of aliphatic hydroxyl groups excluding tert-OH is 3. The first kappa shape index (κ1) is 31.8. The second-order valence-electron chi connectivity index (χ2n) is 10.1. The van der Waals surface area contributed by atoms with Crippen LogP contribution < -0.4 is 0 Å². The normalized spacial score (nSPS) is 28.9. The molecule has 7 unspecified atom stereocenters. The molecule has 2 heterocycles. The third kappa shape index (κ3) is 8.41. The standard InChI is InChI=1S/C27H32O14/c1-14(2)11-27(12-20(31)40-26(27)36)41-25-22(33)21(32)23(39-18(29)9-8-15-6-4-3-5-7-15)17(38-25)13-37-19(30)10-16(28)24(34)35/h3-9,14,16-17,21-23,25,28,32-33H,10-13H2,1-2H3,(H,34,35)/b9-8+. The lowest BCUT2D eigenvalue weighted by molar-refractivity contribution is -0.324. The van der Waals surface area contributed by atoms with Gasteiger partial charge in [0.2, 0.25) is 0 Å². The van der Waals surface area contributed by atoms with Crippen LogP contribution in [0.4, 0.5) is 0 Å². The summed E-state index contributed by atoms with van der Waals surface area (Å²) in [5, 5.41) is 39.9. The molecule has 14 heteroatoms. The summed E-state index contributed by atoms with van der Waals surface area (Å²) in [6.07, 6.45) is -9.65. The van der Waals surface area contributed by atoms with Crippen molar-refractivity contribution >= 4 is 35.9 Å². The molecular weight excluding hydrogens is 548 g/mol. The van der Waals surface area contributed by atoms with Crippen molar-refractivity contribution < 1.29 is 68.1 Å². The molecule has 2 aliphatic rings. The van der Waals surface area contributed by atoms with Crippen molar-refractivity contribution in [3.63, 3.8) is 0 Å². The summed E-state index contributed by atoms with van der Waals surface area (Å²) in [6.45, 7) is 2.76. The first-order chi connectivity index (χ1) is 19.3. The number of carbonyl (C=O) groups excluding carboxylic acids is 4. The largest absolute Gasteiger partial charge is 0.479 e. The Morgan fingerprint density at radius 1 is 1.12 bits per heavy atom. The van der Waals surface area contributed by atoms with E-state index in [2.05, 4.69) is 4.74 Å². The number of aliphatic carboxylic acids is 1. The molecule has 0 spiro atoms. The molecule has 2 aliphatic heterocycles. The quantitative estimate of drug-likeness (QED) is 0.108. The van der Waals surface area contributed by atoms with Gasteiger partial charge in [0.1, 0.15) is 24.9 Å². The van der Waals surface area contributed by atoms with Crippen LogP contribution in [0.25, 0.3) is 6.08 Å². The molecule has 224 valence electrons. The average Bonchev–Trinajstić information content (AvgIpc) is 3.17. The Labute approximate surface area is 234 Å². The van der Waals surface area contributed by atoms with E-state index in [9.17, 15) is 39.3 Å². The molecule has 0 aromatic heterocycles. The number of rotatable bonds is 12. The van der Waals surface area contributed by atoms with Crippen molar-refractivity contribution in [2.45, 2.75) is 75.5 Å². The second kappa shape index (κ2) is 13.8. The van der Waals surface area contributed by atoms with Crippen molar-refractivity contribution in [3.05, 3.63) is 42.0 Å². The minimum atomic E-state index is -2.04. The molecule has 1 aromatic rings. The highest BCUT2D eigenvalue weighted by Gasteiger charge is 2.56.